The highest BCUT2D eigenvalue weighted by molar-refractivity contribution is 5.41. The minimum atomic E-state index is -1.32. The van der Waals surface area contributed by atoms with Crippen LogP contribution in [0.5, 0.6) is 0 Å². The fourth-order valence-electron chi connectivity index (χ4n) is 7.76. The van der Waals surface area contributed by atoms with Crippen molar-refractivity contribution in [2.75, 3.05) is 20.3 Å². The van der Waals surface area contributed by atoms with Crippen molar-refractivity contribution in [3.8, 4) is 0 Å². The Morgan fingerprint density at radius 1 is 1.08 bits per heavy atom. The molecule has 0 aromatic carbocycles. The molecule has 11 atom stereocenters. The van der Waals surface area contributed by atoms with E-state index in [0.29, 0.717) is 18.4 Å². The zero-order valence-corrected chi connectivity index (χ0v) is 24.1. The second-order valence-corrected chi connectivity index (χ2v) is 13.2. The third-order valence-corrected chi connectivity index (χ3v) is 9.86. The third kappa shape index (κ3) is 4.94. The van der Waals surface area contributed by atoms with Gasteiger partial charge in [0.25, 0.3) is 0 Å². The monoisotopic (exact) mass is 536 g/mol. The Hall–Kier alpha value is -0.840. The van der Waals surface area contributed by atoms with Gasteiger partial charge < -0.3 is 39.0 Å². The van der Waals surface area contributed by atoms with Crippen molar-refractivity contribution in [2.45, 2.75) is 116 Å². The van der Waals surface area contributed by atoms with E-state index in [1.54, 1.807) is 21.0 Å². The fourth-order valence-corrected chi connectivity index (χ4v) is 7.76. The van der Waals surface area contributed by atoms with E-state index in [-0.39, 0.29) is 23.9 Å². The molecule has 2 aliphatic heterocycles. The van der Waals surface area contributed by atoms with Crippen LogP contribution in [0.2, 0.25) is 0 Å². The van der Waals surface area contributed by atoms with Gasteiger partial charge in [-0.2, -0.15) is 0 Å². The van der Waals surface area contributed by atoms with Crippen LogP contribution in [0.4, 0.5) is 0 Å². The summed E-state index contributed by atoms with van der Waals surface area (Å²) in [6, 6.07) is 0. The van der Waals surface area contributed by atoms with Crippen molar-refractivity contribution in [3.63, 3.8) is 0 Å². The number of aliphatic hydroxyl groups is 3. The lowest BCUT2D eigenvalue weighted by atomic mass is 9.68. The summed E-state index contributed by atoms with van der Waals surface area (Å²) in [6.07, 6.45) is -0.00587. The van der Waals surface area contributed by atoms with Crippen molar-refractivity contribution in [1.82, 2.24) is 0 Å². The van der Waals surface area contributed by atoms with E-state index in [9.17, 15) is 15.3 Å². The molecule has 38 heavy (non-hydrogen) atoms. The molecule has 5 aliphatic rings. The summed E-state index contributed by atoms with van der Waals surface area (Å²) in [7, 11) is 1.76. The van der Waals surface area contributed by atoms with Gasteiger partial charge in [0.05, 0.1) is 19.3 Å². The number of allylic oxidation sites excluding steroid dienone is 2. The van der Waals surface area contributed by atoms with Crippen LogP contribution in [0, 0.1) is 29.1 Å². The molecule has 8 nitrogen and oxygen atoms in total. The first-order chi connectivity index (χ1) is 17.9. The maximum absolute atomic E-state index is 12.0. The first-order valence-corrected chi connectivity index (χ1v) is 14.5. The van der Waals surface area contributed by atoms with E-state index < -0.39 is 48.7 Å². The summed E-state index contributed by atoms with van der Waals surface area (Å²) in [5.41, 5.74) is 3.53. The number of rotatable bonds is 5. The number of fused-ring (bicyclic) bond motifs is 3. The van der Waals surface area contributed by atoms with Gasteiger partial charge in [-0.1, -0.05) is 44.9 Å². The highest BCUT2D eigenvalue weighted by Gasteiger charge is 2.54. The van der Waals surface area contributed by atoms with Crippen LogP contribution in [0.1, 0.15) is 67.2 Å². The zero-order chi connectivity index (χ0) is 27.6. The van der Waals surface area contributed by atoms with Crippen LogP contribution < -0.4 is 0 Å². The lowest BCUT2D eigenvalue weighted by Gasteiger charge is -2.50. The maximum atomic E-state index is 12.0. The number of hydrogen-bond donors (Lipinski definition) is 3. The van der Waals surface area contributed by atoms with Crippen molar-refractivity contribution in [2.24, 2.45) is 29.1 Å². The SMILES string of the molecule is COC[C@H]1CC[C@@H]2/C1=C\[C@@]1(C)CCC(C(C)C)=C1[C@@H](O[C@@H]1O[C@H]3COC(C)(C)O[C@@H]3[C@@H](O)[C@@H]1O)[C@H](O)[C@@H]2C. The highest BCUT2D eigenvalue weighted by atomic mass is 16.8. The molecule has 0 spiro atoms. The van der Waals surface area contributed by atoms with E-state index in [1.165, 1.54) is 11.1 Å². The molecule has 1 saturated carbocycles. The average Bonchev–Trinajstić information content (AvgIpc) is 3.40. The van der Waals surface area contributed by atoms with E-state index in [2.05, 4.69) is 33.8 Å². The van der Waals surface area contributed by atoms with Crippen LogP contribution in [-0.2, 0) is 23.7 Å². The van der Waals surface area contributed by atoms with Gasteiger partial charge >= 0.3 is 0 Å². The smallest absolute Gasteiger partial charge is 0.187 e. The van der Waals surface area contributed by atoms with Crippen molar-refractivity contribution < 1.29 is 39.0 Å². The van der Waals surface area contributed by atoms with E-state index in [0.717, 1.165) is 31.3 Å². The van der Waals surface area contributed by atoms with Gasteiger partial charge in [0.15, 0.2) is 12.1 Å². The Labute approximate surface area is 227 Å². The molecular formula is C30H48O8. The van der Waals surface area contributed by atoms with Crippen LogP contribution in [0.3, 0.4) is 0 Å². The first-order valence-electron chi connectivity index (χ1n) is 14.5. The van der Waals surface area contributed by atoms with Crippen LogP contribution in [0.15, 0.2) is 22.8 Å². The Morgan fingerprint density at radius 3 is 2.50 bits per heavy atom. The fraction of sp³-hybridized carbons (Fsp3) is 0.867. The van der Waals surface area contributed by atoms with Crippen LogP contribution in [0.25, 0.3) is 0 Å². The van der Waals surface area contributed by atoms with Gasteiger partial charge in [0.2, 0.25) is 0 Å². The van der Waals surface area contributed by atoms with Gasteiger partial charge in [0, 0.05) is 18.4 Å². The van der Waals surface area contributed by atoms with Crippen molar-refractivity contribution >= 4 is 0 Å². The van der Waals surface area contributed by atoms with Gasteiger partial charge in [0.1, 0.15) is 30.5 Å². The molecule has 0 aromatic rings. The van der Waals surface area contributed by atoms with Gasteiger partial charge in [-0.25, -0.2) is 0 Å². The molecule has 3 N–H and O–H groups in total. The molecular weight excluding hydrogens is 488 g/mol. The Kier molecular flexibility index (Phi) is 7.95. The maximum Gasteiger partial charge on any atom is 0.187 e. The highest BCUT2D eigenvalue weighted by Crippen LogP contribution is 2.55. The van der Waals surface area contributed by atoms with E-state index >= 15 is 0 Å². The lowest BCUT2D eigenvalue weighted by Crippen LogP contribution is -2.65. The van der Waals surface area contributed by atoms with Gasteiger partial charge in [-0.05, 0) is 62.9 Å². The first kappa shape index (κ1) is 28.7. The molecule has 216 valence electrons. The van der Waals surface area contributed by atoms with E-state index in [1.807, 2.05) is 0 Å². The lowest BCUT2D eigenvalue weighted by molar-refractivity contribution is -0.387. The minimum absolute atomic E-state index is 0.0558. The number of ether oxygens (including phenoxy) is 5. The summed E-state index contributed by atoms with van der Waals surface area (Å²) >= 11 is 0. The molecule has 3 aliphatic carbocycles. The standard InChI is InChI=1S/C30H48O8/c1-15(2)18-10-11-30(6)12-20-17(13-34-7)8-9-19(20)16(3)23(31)27(22(18)30)37-28-25(33)24(32)26-21(36-28)14-35-29(4,5)38-26/h12,15-17,19,21,23-28,31-33H,8-11,13-14H2,1-7H3/b20-12-/t16-,17-,19+,21+,23-,24+,25+,26+,27-,28+,30-/m1/s1. The predicted molar refractivity (Wildman–Crippen MR) is 141 cm³/mol. The molecule has 2 heterocycles. The second kappa shape index (κ2) is 10.5. The summed E-state index contributed by atoms with van der Waals surface area (Å²) in [4.78, 5) is 0. The summed E-state index contributed by atoms with van der Waals surface area (Å²) in [5, 5.41) is 34.1. The quantitative estimate of drug-likeness (QED) is 0.460. The minimum Gasteiger partial charge on any atom is -0.390 e. The van der Waals surface area contributed by atoms with Crippen LogP contribution in [-0.4, -0.2) is 84.3 Å². The Bertz CT molecular complexity index is 941. The van der Waals surface area contributed by atoms with Gasteiger partial charge in [-0.3, -0.25) is 0 Å². The second-order valence-electron chi connectivity index (χ2n) is 13.2. The average molecular weight is 537 g/mol. The Balaban J connectivity index is 1.51. The third-order valence-electron chi connectivity index (χ3n) is 9.86. The molecule has 2 saturated heterocycles. The zero-order valence-electron chi connectivity index (χ0n) is 24.1. The van der Waals surface area contributed by atoms with Gasteiger partial charge in [-0.15, -0.1) is 0 Å². The molecule has 0 amide bonds. The molecule has 0 radical (unpaired) electrons. The summed E-state index contributed by atoms with van der Waals surface area (Å²) in [6.45, 7) is 13.2. The molecule has 8 heteroatoms. The molecule has 0 bridgehead atoms. The largest absolute Gasteiger partial charge is 0.390 e. The van der Waals surface area contributed by atoms with E-state index in [4.69, 9.17) is 23.7 Å². The predicted octanol–water partition coefficient (Wildman–Crippen LogP) is 3.33. The summed E-state index contributed by atoms with van der Waals surface area (Å²) in [5.74, 6) is -0.0306. The van der Waals surface area contributed by atoms with Crippen molar-refractivity contribution in [3.05, 3.63) is 22.8 Å². The normalized spacial score (nSPS) is 48.1. The molecule has 5 rings (SSSR count). The summed E-state index contributed by atoms with van der Waals surface area (Å²) < 4.78 is 30.1. The topological polar surface area (TPSA) is 107 Å². The van der Waals surface area contributed by atoms with Crippen molar-refractivity contribution in [1.29, 1.82) is 0 Å². The number of aliphatic hydroxyl groups excluding tert-OH is 3. The Morgan fingerprint density at radius 2 is 1.82 bits per heavy atom. The molecule has 0 unspecified atom stereocenters. The molecule has 3 fully saturated rings. The number of hydrogen-bond acceptors (Lipinski definition) is 8. The number of methoxy groups -OCH3 is 1. The van der Waals surface area contributed by atoms with Crippen LogP contribution >= 0.6 is 0 Å². The molecule has 0 aromatic heterocycles.